The largest absolute Gasteiger partial charge is 0.461 e. The van der Waals surface area contributed by atoms with Crippen LogP contribution in [0.25, 0.3) is 11.3 Å². The molecule has 3 aromatic carbocycles. The molecule has 0 aliphatic carbocycles. The number of nitriles is 1. The van der Waals surface area contributed by atoms with E-state index in [2.05, 4.69) is 71.6 Å². The number of benzene rings is 3. The number of rotatable bonds is 6. The first kappa shape index (κ1) is 20.3. The molecule has 0 bridgehead atoms. The second-order valence-electron chi connectivity index (χ2n) is 8.53. The lowest BCUT2D eigenvalue weighted by Crippen LogP contribution is -2.35. The van der Waals surface area contributed by atoms with Crippen molar-refractivity contribution < 1.29 is 4.42 Å². The van der Waals surface area contributed by atoms with E-state index in [0.29, 0.717) is 11.5 Å². The molecule has 32 heavy (non-hydrogen) atoms. The van der Waals surface area contributed by atoms with E-state index in [9.17, 15) is 5.26 Å². The van der Waals surface area contributed by atoms with Crippen LogP contribution < -0.4 is 0 Å². The van der Waals surface area contributed by atoms with Gasteiger partial charge in [-0.1, -0.05) is 66.7 Å². The Labute approximate surface area is 189 Å². The zero-order valence-corrected chi connectivity index (χ0v) is 18.1. The Morgan fingerprint density at radius 3 is 2.62 bits per heavy atom. The summed E-state index contributed by atoms with van der Waals surface area (Å²) in [7, 11) is 0. The zero-order chi connectivity index (χ0) is 21.8. The van der Waals surface area contributed by atoms with Crippen molar-refractivity contribution >= 4 is 0 Å². The van der Waals surface area contributed by atoms with Crippen molar-refractivity contribution in [3.05, 3.63) is 119 Å². The van der Waals surface area contributed by atoms with Crippen molar-refractivity contribution in [2.75, 3.05) is 13.1 Å². The highest BCUT2D eigenvalue weighted by atomic mass is 16.3. The molecule has 1 atom stereocenters. The highest BCUT2D eigenvalue weighted by Crippen LogP contribution is 2.33. The third kappa shape index (κ3) is 4.51. The lowest BCUT2D eigenvalue weighted by Gasteiger charge is -2.34. The molecule has 1 aromatic heterocycles. The Morgan fingerprint density at radius 1 is 0.906 bits per heavy atom. The van der Waals surface area contributed by atoms with E-state index >= 15 is 0 Å². The van der Waals surface area contributed by atoms with Crippen LogP contribution in [-0.4, -0.2) is 18.0 Å². The van der Waals surface area contributed by atoms with E-state index in [1.54, 1.807) is 0 Å². The minimum Gasteiger partial charge on any atom is -0.461 e. The van der Waals surface area contributed by atoms with E-state index < -0.39 is 0 Å². The Kier molecular flexibility index (Phi) is 5.87. The highest BCUT2D eigenvalue weighted by molar-refractivity contribution is 5.60. The average Bonchev–Trinajstić information content (AvgIpc) is 3.32. The van der Waals surface area contributed by atoms with Gasteiger partial charge >= 0.3 is 0 Å². The van der Waals surface area contributed by atoms with Crippen molar-refractivity contribution in [2.24, 2.45) is 0 Å². The monoisotopic (exact) mass is 418 g/mol. The van der Waals surface area contributed by atoms with Crippen molar-refractivity contribution in [2.45, 2.75) is 25.3 Å². The van der Waals surface area contributed by atoms with Gasteiger partial charge in [0, 0.05) is 37.5 Å². The van der Waals surface area contributed by atoms with Gasteiger partial charge in [-0.2, -0.15) is 5.26 Å². The van der Waals surface area contributed by atoms with Crippen LogP contribution in [0.2, 0.25) is 0 Å². The molecular formula is C29H26N2O. The molecule has 0 fully saturated rings. The molecule has 0 amide bonds. The fourth-order valence-corrected chi connectivity index (χ4v) is 4.70. The molecule has 1 aliphatic heterocycles. The topological polar surface area (TPSA) is 40.2 Å². The molecular weight excluding hydrogens is 392 g/mol. The van der Waals surface area contributed by atoms with Crippen molar-refractivity contribution in [3.63, 3.8) is 0 Å². The number of fused-ring (bicyclic) bond motifs is 1. The fourth-order valence-electron chi connectivity index (χ4n) is 4.70. The van der Waals surface area contributed by atoms with E-state index in [-0.39, 0.29) is 0 Å². The molecule has 1 unspecified atom stereocenters. The molecule has 5 rings (SSSR count). The maximum absolute atomic E-state index is 9.18. The molecule has 2 heterocycles. The van der Waals surface area contributed by atoms with Gasteiger partial charge in [0.2, 0.25) is 0 Å². The third-order valence-electron chi connectivity index (χ3n) is 6.31. The first-order chi connectivity index (χ1) is 15.8. The minimum absolute atomic E-state index is 0.403. The first-order valence-corrected chi connectivity index (χ1v) is 11.2. The summed E-state index contributed by atoms with van der Waals surface area (Å²) in [6.45, 7) is 3.09. The maximum Gasteiger partial charge on any atom is 0.134 e. The Morgan fingerprint density at radius 2 is 1.75 bits per heavy atom. The summed E-state index contributed by atoms with van der Waals surface area (Å²) >= 11 is 0. The van der Waals surface area contributed by atoms with Gasteiger partial charge in [0.15, 0.2) is 0 Å². The SMILES string of the molecule is N#Cc1cccc(-c2ccc(CC3CN(CCc4ccccc4)Cc4ccccc43)o2)c1. The molecule has 4 aromatic rings. The predicted octanol–water partition coefficient (Wildman–Crippen LogP) is 6.20. The molecule has 158 valence electrons. The molecule has 0 spiro atoms. The van der Waals surface area contributed by atoms with Gasteiger partial charge in [0.05, 0.1) is 11.6 Å². The highest BCUT2D eigenvalue weighted by Gasteiger charge is 2.26. The van der Waals surface area contributed by atoms with Crippen LogP contribution in [0.4, 0.5) is 0 Å². The van der Waals surface area contributed by atoms with E-state index in [1.165, 1.54) is 16.7 Å². The van der Waals surface area contributed by atoms with Crippen LogP contribution in [0.3, 0.4) is 0 Å². The summed E-state index contributed by atoms with van der Waals surface area (Å²) in [5.74, 6) is 2.22. The molecule has 0 saturated heterocycles. The lowest BCUT2D eigenvalue weighted by atomic mass is 9.86. The van der Waals surface area contributed by atoms with Gasteiger partial charge in [-0.15, -0.1) is 0 Å². The second kappa shape index (κ2) is 9.26. The summed E-state index contributed by atoms with van der Waals surface area (Å²) in [6.07, 6.45) is 1.94. The van der Waals surface area contributed by atoms with Crippen LogP contribution in [0.1, 0.15) is 33.9 Å². The number of hydrogen-bond donors (Lipinski definition) is 0. The second-order valence-corrected chi connectivity index (χ2v) is 8.53. The molecule has 3 nitrogen and oxygen atoms in total. The number of hydrogen-bond acceptors (Lipinski definition) is 3. The van der Waals surface area contributed by atoms with Crippen LogP contribution >= 0.6 is 0 Å². The van der Waals surface area contributed by atoms with E-state index in [4.69, 9.17) is 4.42 Å². The molecule has 0 N–H and O–H groups in total. The van der Waals surface area contributed by atoms with Gasteiger partial charge < -0.3 is 4.42 Å². The lowest BCUT2D eigenvalue weighted by molar-refractivity contribution is 0.228. The van der Waals surface area contributed by atoms with Crippen LogP contribution in [0.15, 0.2) is 95.4 Å². The molecule has 1 aliphatic rings. The quantitative estimate of drug-likeness (QED) is 0.374. The smallest absolute Gasteiger partial charge is 0.134 e. The Hall–Kier alpha value is -3.61. The van der Waals surface area contributed by atoms with Crippen molar-refractivity contribution in [1.82, 2.24) is 4.90 Å². The van der Waals surface area contributed by atoms with Gasteiger partial charge in [-0.25, -0.2) is 0 Å². The van der Waals surface area contributed by atoms with E-state index in [0.717, 1.165) is 49.6 Å². The maximum atomic E-state index is 9.18. The predicted molar refractivity (Wildman–Crippen MR) is 127 cm³/mol. The first-order valence-electron chi connectivity index (χ1n) is 11.2. The normalized spacial score (nSPS) is 15.8. The zero-order valence-electron chi connectivity index (χ0n) is 18.1. The van der Waals surface area contributed by atoms with Crippen molar-refractivity contribution in [1.29, 1.82) is 5.26 Å². The van der Waals surface area contributed by atoms with E-state index in [1.807, 2.05) is 30.3 Å². The Balaban J connectivity index is 1.33. The van der Waals surface area contributed by atoms with Gasteiger partial charge in [0.1, 0.15) is 11.5 Å². The summed E-state index contributed by atoms with van der Waals surface area (Å²) in [6, 6.07) is 33.4. The molecule has 0 saturated carbocycles. The van der Waals surface area contributed by atoms with Crippen LogP contribution in [0, 0.1) is 11.3 Å². The van der Waals surface area contributed by atoms with Crippen LogP contribution in [0.5, 0.6) is 0 Å². The summed E-state index contributed by atoms with van der Waals surface area (Å²) in [5.41, 5.74) is 5.84. The summed E-state index contributed by atoms with van der Waals surface area (Å²) < 4.78 is 6.22. The van der Waals surface area contributed by atoms with Gasteiger partial charge in [-0.3, -0.25) is 4.90 Å². The van der Waals surface area contributed by atoms with Crippen molar-refractivity contribution in [3.8, 4) is 17.4 Å². The Bertz CT molecular complexity index is 1240. The number of furan rings is 1. The standard InChI is InChI=1S/C29H26N2O/c30-19-23-9-6-11-24(17-23)29-14-13-27(32-29)18-26-21-31(16-15-22-7-2-1-3-8-22)20-25-10-4-5-12-28(25)26/h1-14,17,26H,15-16,18,20-21H2. The third-order valence-corrected chi connectivity index (χ3v) is 6.31. The minimum atomic E-state index is 0.403. The number of nitrogens with zero attached hydrogens (tertiary/aromatic N) is 2. The van der Waals surface area contributed by atoms with Crippen LogP contribution in [-0.2, 0) is 19.4 Å². The summed E-state index contributed by atoms with van der Waals surface area (Å²) in [4.78, 5) is 2.57. The molecule has 3 heteroatoms. The fraction of sp³-hybridized carbons (Fsp3) is 0.207. The molecule has 0 radical (unpaired) electrons. The van der Waals surface area contributed by atoms with Gasteiger partial charge in [0.25, 0.3) is 0 Å². The summed E-state index contributed by atoms with van der Waals surface area (Å²) in [5, 5.41) is 9.18. The van der Waals surface area contributed by atoms with Gasteiger partial charge in [-0.05, 0) is 47.4 Å². The average molecular weight is 419 g/mol.